The molecular weight excluding hydrogens is 303 g/mol. The van der Waals surface area contributed by atoms with Gasteiger partial charge in [-0.25, -0.2) is 0 Å². The molecule has 82 valence electrons. The van der Waals surface area contributed by atoms with Crippen LogP contribution in [0.4, 0.5) is 0 Å². The van der Waals surface area contributed by atoms with Crippen LogP contribution in [0.2, 0.25) is 5.02 Å². The molecule has 0 bridgehead atoms. The van der Waals surface area contributed by atoms with E-state index in [1.54, 1.807) is 12.1 Å². The largest absolute Gasteiger partial charge is 0.468 e. The van der Waals surface area contributed by atoms with Crippen LogP contribution in [0.1, 0.15) is 5.56 Å². The van der Waals surface area contributed by atoms with Crippen molar-refractivity contribution in [1.29, 1.82) is 0 Å². The Morgan fingerprint density at radius 2 is 2.27 bits per heavy atom. The van der Waals surface area contributed by atoms with E-state index in [0.29, 0.717) is 11.4 Å². The summed E-state index contributed by atoms with van der Waals surface area (Å²) in [6.07, 6.45) is 0.384. The van der Waals surface area contributed by atoms with Crippen molar-refractivity contribution in [2.75, 3.05) is 7.11 Å². The summed E-state index contributed by atoms with van der Waals surface area (Å²) >= 11 is 15.0. The molecule has 0 amide bonds. The van der Waals surface area contributed by atoms with Crippen LogP contribution in [0.25, 0.3) is 0 Å². The molecular formula is C10H9BrCl2O2. The maximum atomic E-state index is 11.1. The summed E-state index contributed by atoms with van der Waals surface area (Å²) in [5.74, 6) is -0.441. The van der Waals surface area contributed by atoms with Gasteiger partial charge in [0, 0.05) is 15.9 Å². The Kier molecular flexibility index (Phi) is 4.90. The number of methoxy groups -OCH3 is 1. The summed E-state index contributed by atoms with van der Waals surface area (Å²) in [6, 6.07) is 5.35. The minimum Gasteiger partial charge on any atom is -0.468 e. The van der Waals surface area contributed by atoms with E-state index in [9.17, 15) is 4.79 Å². The minimum absolute atomic E-state index is 0.384. The number of rotatable bonds is 3. The van der Waals surface area contributed by atoms with Crippen molar-refractivity contribution in [3.8, 4) is 0 Å². The molecule has 0 fully saturated rings. The average molecular weight is 312 g/mol. The zero-order valence-electron chi connectivity index (χ0n) is 7.97. The number of carbonyl (C=O) groups excluding carboxylic acids is 1. The Morgan fingerprint density at radius 1 is 1.60 bits per heavy atom. The SMILES string of the molecule is COC(=O)C(Cl)Cc1cc(Cl)ccc1Br. The third-order valence-corrected chi connectivity index (χ3v) is 3.21. The summed E-state index contributed by atoms with van der Waals surface area (Å²) in [6.45, 7) is 0. The van der Waals surface area contributed by atoms with Gasteiger partial charge in [-0.3, -0.25) is 4.79 Å². The summed E-state index contributed by atoms with van der Waals surface area (Å²) in [5.41, 5.74) is 0.882. The Morgan fingerprint density at radius 3 is 2.87 bits per heavy atom. The van der Waals surface area contributed by atoms with Crippen molar-refractivity contribution < 1.29 is 9.53 Å². The van der Waals surface area contributed by atoms with Crippen LogP contribution in [0.15, 0.2) is 22.7 Å². The first-order valence-corrected chi connectivity index (χ1v) is 5.81. The molecule has 15 heavy (non-hydrogen) atoms. The molecule has 0 heterocycles. The summed E-state index contributed by atoms with van der Waals surface area (Å²) < 4.78 is 5.41. The Balaban J connectivity index is 2.80. The first-order chi connectivity index (χ1) is 7.04. The van der Waals surface area contributed by atoms with Crippen molar-refractivity contribution in [2.24, 2.45) is 0 Å². The third-order valence-electron chi connectivity index (χ3n) is 1.86. The number of halogens is 3. The molecule has 1 atom stereocenters. The first kappa shape index (κ1) is 12.8. The summed E-state index contributed by atoms with van der Waals surface area (Å²) in [4.78, 5) is 11.1. The highest BCUT2D eigenvalue weighted by Crippen LogP contribution is 2.23. The van der Waals surface area contributed by atoms with E-state index in [1.807, 2.05) is 6.07 Å². The van der Waals surface area contributed by atoms with Gasteiger partial charge in [0.15, 0.2) is 0 Å². The number of benzene rings is 1. The van der Waals surface area contributed by atoms with Crippen LogP contribution >= 0.6 is 39.1 Å². The second-order valence-corrected chi connectivity index (χ2v) is 4.75. The van der Waals surface area contributed by atoms with E-state index in [1.165, 1.54) is 7.11 Å². The monoisotopic (exact) mass is 310 g/mol. The molecule has 0 aliphatic heterocycles. The van der Waals surface area contributed by atoms with Gasteiger partial charge < -0.3 is 4.74 Å². The van der Waals surface area contributed by atoms with Gasteiger partial charge in [-0.1, -0.05) is 27.5 Å². The fourth-order valence-electron chi connectivity index (χ4n) is 1.10. The normalized spacial score (nSPS) is 12.3. The molecule has 5 heteroatoms. The third kappa shape index (κ3) is 3.67. The van der Waals surface area contributed by atoms with Crippen LogP contribution in [0.3, 0.4) is 0 Å². The van der Waals surface area contributed by atoms with Crippen molar-refractivity contribution in [2.45, 2.75) is 11.8 Å². The van der Waals surface area contributed by atoms with Crippen molar-refractivity contribution in [3.05, 3.63) is 33.3 Å². The molecule has 0 saturated carbocycles. The fourth-order valence-corrected chi connectivity index (χ4v) is 1.96. The van der Waals surface area contributed by atoms with Gasteiger partial charge in [0.2, 0.25) is 0 Å². The highest BCUT2D eigenvalue weighted by atomic mass is 79.9. The quantitative estimate of drug-likeness (QED) is 0.631. The number of alkyl halides is 1. The molecule has 0 aromatic heterocycles. The molecule has 0 radical (unpaired) electrons. The van der Waals surface area contributed by atoms with Crippen LogP contribution < -0.4 is 0 Å². The Hall–Kier alpha value is -0.250. The summed E-state index contributed by atoms with van der Waals surface area (Å²) in [5, 5.41) is -0.0771. The molecule has 1 aromatic rings. The number of hydrogen-bond donors (Lipinski definition) is 0. The number of ether oxygens (including phenoxy) is 1. The number of esters is 1. The van der Waals surface area contributed by atoms with Crippen molar-refractivity contribution in [3.63, 3.8) is 0 Å². The van der Waals surface area contributed by atoms with Gasteiger partial charge in [-0.05, 0) is 23.8 Å². The molecule has 0 spiro atoms. The van der Waals surface area contributed by atoms with E-state index >= 15 is 0 Å². The van der Waals surface area contributed by atoms with E-state index < -0.39 is 11.3 Å². The molecule has 0 aliphatic carbocycles. The predicted molar refractivity (Wildman–Crippen MR) is 64.5 cm³/mol. The Labute approximate surface area is 107 Å². The van der Waals surface area contributed by atoms with E-state index in [-0.39, 0.29) is 0 Å². The molecule has 0 N–H and O–H groups in total. The minimum atomic E-state index is -0.690. The second kappa shape index (κ2) is 5.73. The van der Waals surface area contributed by atoms with E-state index in [2.05, 4.69) is 20.7 Å². The first-order valence-electron chi connectivity index (χ1n) is 4.20. The van der Waals surface area contributed by atoms with Gasteiger partial charge in [0.1, 0.15) is 5.38 Å². The van der Waals surface area contributed by atoms with Crippen molar-refractivity contribution in [1.82, 2.24) is 0 Å². The molecule has 1 aromatic carbocycles. The highest BCUT2D eigenvalue weighted by Gasteiger charge is 2.17. The van der Waals surface area contributed by atoms with Gasteiger partial charge in [0.25, 0.3) is 0 Å². The lowest BCUT2D eigenvalue weighted by atomic mass is 10.1. The molecule has 2 nitrogen and oxygen atoms in total. The number of carbonyl (C=O) groups is 1. The lowest BCUT2D eigenvalue weighted by Gasteiger charge is -2.09. The molecule has 0 aliphatic rings. The Bertz CT molecular complexity index is 368. The maximum absolute atomic E-state index is 11.1. The van der Waals surface area contributed by atoms with E-state index in [4.69, 9.17) is 23.2 Å². The fraction of sp³-hybridized carbons (Fsp3) is 0.300. The predicted octanol–water partition coefficient (Wildman–Crippen LogP) is 3.43. The maximum Gasteiger partial charge on any atom is 0.324 e. The lowest BCUT2D eigenvalue weighted by Crippen LogP contribution is -2.18. The van der Waals surface area contributed by atoms with Gasteiger partial charge in [-0.15, -0.1) is 11.6 Å². The van der Waals surface area contributed by atoms with Gasteiger partial charge in [0.05, 0.1) is 7.11 Å². The standard InChI is InChI=1S/C10H9BrCl2O2/c1-15-10(14)9(13)5-6-4-7(12)2-3-8(6)11/h2-4,9H,5H2,1H3. The highest BCUT2D eigenvalue weighted by molar-refractivity contribution is 9.10. The van der Waals surface area contributed by atoms with Gasteiger partial charge >= 0.3 is 5.97 Å². The lowest BCUT2D eigenvalue weighted by molar-refractivity contribution is -0.140. The van der Waals surface area contributed by atoms with E-state index in [0.717, 1.165) is 10.0 Å². The zero-order valence-corrected chi connectivity index (χ0v) is 11.1. The molecule has 1 rings (SSSR count). The van der Waals surface area contributed by atoms with Crippen LogP contribution in [0, 0.1) is 0 Å². The smallest absolute Gasteiger partial charge is 0.324 e. The van der Waals surface area contributed by atoms with Crippen molar-refractivity contribution >= 4 is 45.1 Å². The molecule has 1 unspecified atom stereocenters. The van der Waals surface area contributed by atoms with Crippen LogP contribution in [-0.4, -0.2) is 18.5 Å². The van der Waals surface area contributed by atoms with Gasteiger partial charge in [-0.2, -0.15) is 0 Å². The second-order valence-electron chi connectivity index (χ2n) is 2.93. The topological polar surface area (TPSA) is 26.3 Å². The molecule has 0 saturated heterocycles. The summed E-state index contributed by atoms with van der Waals surface area (Å²) in [7, 11) is 1.31. The van der Waals surface area contributed by atoms with Crippen LogP contribution in [-0.2, 0) is 16.0 Å². The number of hydrogen-bond acceptors (Lipinski definition) is 2. The van der Waals surface area contributed by atoms with Crippen LogP contribution in [0.5, 0.6) is 0 Å². The average Bonchev–Trinajstić information content (AvgIpc) is 2.22. The zero-order chi connectivity index (χ0) is 11.4.